The molecule has 0 fully saturated rings. The summed E-state index contributed by atoms with van der Waals surface area (Å²) >= 11 is 0. The van der Waals surface area contributed by atoms with Crippen LogP contribution in [-0.2, 0) is 7.05 Å². The van der Waals surface area contributed by atoms with Gasteiger partial charge in [0, 0.05) is 61.0 Å². The van der Waals surface area contributed by atoms with Crippen LogP contribution in [-0.4, -0.2) is 52.2 Å². The number of aliphatic hydroxyl groups is 1. The Kier molecular flexibility index (Phi) is 6.46. The van der Waals surface area contributed by atoms with Crippen LogP contribution in [0.2, 0.25) is 0 Å². The van der Waals surface area contributed by atoms with Crippen LogP contribution in [0.1, 0.15) is 17.8 Å². The van der Waals surface area contributed by atoms with Gasteiger partial charge in [0.1, 0.15) is 11.5 Å². The smallest absolute Gasteiger partial charge is 0.124 e. The lowest BCUT2D eigenvalue weighted by Gasteiger charge is -2.26. The van der Waals surface area contributed by atoms with E-state index < -0.39 is 0 Å². The maximum absolute atomic E-state index is 9.49. The Bertz CT molecular complexity index is 1260. The summed E-state index contributed by atoms with van der Waals surface area (Å²) < 4.78 is 12.8. The lowest BCUT2D eigenvalue weighted by Crippen LogP contribution is -2.19. The van der Waals surface area contributed by atoms with Crippen LogP contribution >= 0.6 is 0 Å². The van der Waals surface area contributed by atoms with Gasteiger partial charge in [0.05, 0.1) is 42.8 Å². The van der Waals surface area contributed by atoms with Gasteiger partial charge in [-0.1, -0.05) is 0 Å². The summed E-state index contributed by atoms with van der Waals surface area (Å²) in [5.41, 5.74) is 7.22. The van der Waals surface area contributed by atoms with Gasteiger partial charge in [-0.3, -0.25) is 9.67 Å². The van der Waals surface area contributed by atoms with E-state index in [4.69, 9.17) is 14.5 Å². The number of ether oxygens (including phenoxy) is 2. The minimum atomic E-state index is 0.0920. The molecule has 0 unspecified atom stereocenters. The highest BCUT2D eigenvalue weighted by atomic mass is 16.5. The monoisotopic (exact) mass is 447 g/mol. The fraction of sp³-hybridized carbons (Fsp3) is 0.320. The first-order chi connectivity index (χ1) is 15.9. The van der Waals surface area contributed by atoms with Crippen molar-refractivity contribution in [3.63, 3.8) is 0 Å². The van der Waals surface area contributed by atoms with Gasteiger partial charge in [0.15, 0.2) is 0 Å². The lowest BCUT2D eigenvalue weighted by molar-refractivity contribution is 0.291. The van der Waals surface area contributed by atoms with Crippen LogP contribution < -0.4 is 14.4 Å². The fourth-order valence-corrected chi connectivity index (χ4v) is 4.02. The average molecular weight is 448 g/mol. The van der Waals surface area contributed by atoms with Crippen LogP contribution in [0.25, 0.3) is 22.3 Å². The SMILES string of the molecule is COc1cc(OC)cc(N(CCCO)c2ccc3ncc(-c4c(C)nn(C)c4C)nc3c2)c1. The average Bonchev–Trinajstić information content (AvgIpc) is 3.09. The van der Waals surface area contributed by atoms with E-state index in [1.807, 2.05) is 62.0 Å². The summed E-state index contributed by atoms with van der Waals surface area (Å²) in [7, 11) is 5.19. The van der Waals surface area contributed by atoms with Crippen molar-refractivity contribution in [3.05, 3.63) is 54.0 Å². The maximum Gasteiger partial charge on any atom is 0.124 e. The summed E-state index contributed by atoms with van der Waals surface area (Å²) in [6.07, 6.45) is 2.41. The molecule has 33 heavy (non-hydrogen) atoms. The third-order valence-electron chi connectivity index (χ3n) is 5.79. The molecule has 0 radical (unpaired) electrons. The first-order valence-electron chi connectivity index (χ1n) is 10.8. The lowest BCUT2D eigenvalue weighted by atomic mass is 10.1. The molecule has 4 rings (SSSR count). The highest BCUT2D eigenvalue weighted by Crippen LogP contribution is 2.34. The Morgan fingerprint density at radius 3 is 2.30 bits per heavy atom. The first kappa shape index (κ1) is 22.5. The van der Waals surface area contributed by atoms with Gasteiger partial charge in [-0.05, 0) is 38.5 Å². The van der Waals surface area contributed by atoms with Crippen LogP contribution in [0.15, 0.2) is 42.6 Å². The fourth-order valence-electron chi connectivity index (χ4n) is 4.02. The number of benzene rings is 2. The van der Waals surface area contributed by atoms with Gasteiger partial charge >= 0.3 is 0 Å². The third-order valence-corrected chi connectivity index (χ3v) is 5.79. The van der Waals surface area contributed by atoms with Crippen molar-refractivity contribution in [2.45, 2.75) is 20.3 Å². The molecule has 0 saturated heterocycles. The van der Waals surface area contributed by atoms with E-state index in [0.29, 0.717) is 24.5 Å². The van der Waals surface area contributed by atoms with E-state index in [2.05, 4.69) is 15.0 Å². The van der Waals surface area contributed by atoms with Crippen molar-refractivity contribution >= 4 is 22.4 Å². The third kappa shape index (κ3) is 4.47. The summed E-state index contributed by atoms with van der Waals surface area (Å²) in [4.78, 5) is 11.7. The molecule has 2 heterocycles. The predicted molar refractivity (Wildman–Crippen MR) is 129 cm³/mol. The summed E-state index contributed by atoms with van der Waals surface area (Å²) in [5.74, 6) is 1.40. The molecule has 172 valence electrons. The van der Waals surface area contributed by atoms with Gasteiger partial charge < -0.3 is 19.5 Å². The second kappa shape index (κ2) is 9.46. The van der Waals surface area contributed by atoms with Crippen molar-refractivity contribution in [3.8, 4) is 22.8 Å². The van der Waals surface area contributed by atoms with Gasteiger partial charge in [-0.2, -0.15) is 5.10 Å². The van der Waals surface area contributed by atoms with E-state index in [9.17, 15) is 5.11 Å². The molecule has 0 aliphatic heterocycles. The summed E-state index contributed by atoms with van der Waals surface area (Å²) in [6.45, 7) is 4.73. The van der Waals surface area contributed by atoms with Gasteiger partial charge in [-0.15, -0.1) is 0 Å². The Labute approximate surface area is 193 Å². The highest BCUT2D eigenvalue weighted by Gasteiger charge is 2.16. The van der Waals surface area contributed by atoms with Gasteiger partial charge in [0.25, 0.3) is 0 Å². The number of methoxy groups -OCH3 is 2. The Morgan fingerprint density at radius 2 is 1.70 bits per heavy atom. The van der Waals surface area contributed by atoms with Crippen molar-refractivity contribution in [1.29, 1.82) is 0 Å². The standard InChI is InChI=1S/C25H29N5O3/c1-16-25(17(2)29(3)28-16)24-15-26-22-8-7-18(13-23(22)27-24)30(9-6-10-31)19-11-20(32-4)14-21(12-19)33-5/h7-8,11-15,31H,6,9-10H2,1-5H3. The number of aliphatic hydroxyl groups excluding tert-OH is 1. The minimum absolute atomic E-state index is 0.0920. The molecule has 0 bridgehead atoms. The first-order valence-corrected chi connectivity index (χ1v) is 10.8. The van der Waals surface area contributed by atoms with Crippen LogP contribution in [0, 0.1) is 13.8 Å². The molecular formula is C25H29N5O3. The van der Waals surface area contributed by atoms with Crippen molar-refractivity contribution in [2.24, 2.45) is 7.05 Å². The van der Waals surface area contributed by atoms with Gasteiger partial charge in [-0.25, -0.2) is 4.98 Å². The normalized spacial score (nSPS) is 11.1. The molecular weight excluding hydrogens is 418 g/mol. The number of rotatable bonds is 8. The molecule has 1 N–H and O–H groups in total. The summed E-state index contributed by atoms with van der Waals surface area (Å²) in [6, 6.07) is 11.7. The van der Waals surface area contributed by atoms with E-state index in [1.165, 1.54) is 0 Å². The molecule has 2 aromatic heterocycles. The number of hydrogen-bond acceptors (Lipinski definition) is 7. The molecule has 0 spiro atoms. The van der Waals surface area contributed by atoms with Crippen molar-refractivity contribution in [1.82, 2.24) is 19.7 Å². The van der Waals surface area contributed by atoms with E-state index >= 15 is 0 Å². The Balaban J connectivity index is 1.81. The van der Waals surface area contributed by atoms with Crippen LogP contribution in [0.3, 0.4) is 0 Å². The molecule has 0 aliphatic carbocycles. The molecule has 0 aliphatic rings. The molecule has 0 atom stereocenters. The maximum atomic E-state index is 9.49. The second-order valence-electron chi connectivity index (χ2n) is 7.90. The van der Waals surface area contributed by atoms with Crippen LogP contribution in [0.5, 0.6) is 11.5 Å². The zero-order valence-electron chi connectivity index (χ0n) is 19.7. The Hall–Kier alpha value is -3.65. The zero-order valence-corrected chi connectivity index (χ0v) is 19.7. The highest BCUT2D eigenvalue weighted by molar-refractivity contribution is 5.83. The van der Waals surface area contributed by atoms with Crippen molar-refractivity contribution < 1.29 is 14.6 Å². The molecule has 2 aromatic carbocycles. The zero-order chi connectivity index (χ0) is 23.5. The number of anilines is 2. The van der Waals surface area contributed by atoms with E-state index in [0.717, 1.165) is 45.1 Å². The van der Waals surface area contributed by atoms with E-state index in [1.54, 1.807) is 20.4 Å². The van der Waals surface area contributed by atoms with Crippen molar-refractivity contribution in [2.75, 3.05) is 32.3 Å². The molecule has 0 amide bonds. The number of hydrogen-bond donors (Lipinski definition) is 1. The number of aromatic nitrogens is 4. The van der Waals surface area contributed by atoms with E-state index in [-0.39, 0.29) is 6.61 Å². The van der Waals surface area contributed by atoms with Crippen LogP contribution in [0.4, 0.5) is 11.4 Å². The topological polar surface area (TPSA) is 85.5 Å². The summed E-state index contributed by atoms with van der Waals surface area (Å²) in [5, 5.41) is 14.0. The largest absolute Gasteiger partial charge is 0.497 e. The number of nitrogens with zero attached hydrogens (tertiary/aromatic N) is 5. The molecule has 8 heteroatoms. The molecule has 4 aromatic rings. The molecule has 0 saturated carbocycles. The second-order valence-corrected chi connectivity index (χ2v) is 7.90. The Morgan fingerprint density at radius 1 is 0.970 bits per heavy atom. The minimum Gasteiger partial charge on any atom is -0.497 e. The molecule has 8 nitrogen and oxygen atoms in total. The number of fused-ring (bicyclic) bond motifs is 1. The van der Waals surface area contributed by atoms with Gasteiger partial charge in [0.2, 0.25) is 0 Å². The number of aryl methyl sites for hydroxylation is 2. The quantitative estimate of drug-likeness (QED) is 0.434. The predicted octanol–water partition coefficient (Wildman–Crippen LogP) is 4.18.